The Morgan fingerprint density at radius 3 is 2.94 bits per heavy atom. The van der Waals surface area contributed by atoms with Gasteiger partial charge in [-0.1, -0.05) is 6.07 Å². The fraction of sp³-hybridized carbons (Fsp3) is 0.480. The molecule has 1 spiro atoms. The number of rotatable bonds is 3. The average molecular weight is 437 g/mol. The number of piperidine rings is 1. The molecular formula is C25H28N2O5. The van der Waals surface area contributed by atoms with E-state index in [1.165, 1.54) is 6.08 Å². The van der Waals surface area contributed by atoms with Crippen LogP contribution >= 0.6 is 0 Å². The Hall–Kier alpha value is -2.77. The summed E-state index contributed by atoms with van der Waals surface area (Å²) in [6, 6.07) is 4.97. The summed E-state index contributed by atoms with van der Waals surface area (Å²) in [6.45, 7) is 0.839. The number of carbonyl (C=O) groups is 1. The highest BCUT2D eigenvalue weighted by Gasteiger charge is 2.74. The van der Waals surface area contributed by atoms with Crippen molar-refractivity contribution in [2.24, 2.45) is 0 Å². The third-order valence-electron chi connectivity index (χ3n) is 8.49. The molecule has 3 heterocycles. The summed E-state index contributed by atoms with van der Waals surface area (Å²) in [4.78, 5) is 17.1. The lowest BCUT2D eigenvalue weighted by molar-refractivity contribution is -0.213. The Balaban J connectivity index is 1.45. The maximum Gasteiger partial charge on any atom is 0.246 e. The van der Waals surface area contributed by atoms with E-state index in [1.807, 2.05) is 6.07 Å². The number of hydrogen-bond donors (Lipinski definition) is 2. The summed E-state index contributed by atoms with van der Waals surface area (Å²) in [5, 5.41) is 23.2. The number of likely N-dealkylation sites (tertiary alicyclic amines) is 1. The van der Waals surface area contributed by atoms with Crippen LogP contribution in [0.1, 0.15) is 36.0 Å². The second-order valence-electron chi connectivity index (χ2n) is 9.73. The van der Waals surface area contributed by atoms with Gasteiger partial charge in [-0.3, -0.25) is 4.79 Å². The number of ether oxygens (including phenoxy) is 1. The molecule has 2 fully saturated rings. The highest BCUT2D eigenvalue weighted by molar-refractivity contribution is 5.92. The standard InChI is InChI=1S/C25H28N2O5/c1-26-11-10-24-20-7-6-18(27(2)21(29)8-3-15-9-12-31-14-15)25(24,30)19(26)13-16-4-5-17(28)23(32-20)22(16)24/h3-5,8-9,12,14,18-20,28,30H,6-7,10-11,13H2,1-2H3/b8-3+/t18-,19-,20+,24-,25-/m1/s1. The van der Waals surface area contributed by atoms with Gasteiger partial charge in [0.1, 0.15) is 11.7 Å². The monoisotopic (exact) mass is 436 g/mol. The first kappa shape index (κ1) is 19.9. The van der Waals surface area contributed by atoms with Crippen LogP contribution in [0.2, 0.25) is 0 Å². The molecule has 1 saturated carbocycles. The lowest BCUT2D eigenvalue weighted by Gasteiger charge is -2.66. The summed E-state index contributed by atoms with van der Waals surface area (Å²) < 4.78 is 11.4. The van der Waals surface area contributed by atoms with Crippen LogP contribution in [-0.4, -0.2) is 70.3 Å². The van der Waals surface area contributed by atoms with Gasteiger partial charge in [0.15, 0.2) is 11.5 Å². The zero-order valence-electron chi connectivity index (χ0n) is 18.3. The summed E-state index contributed by atoms with van der Waals surface area (Å²) >= 11 is 0. The molecule has 0 unspecified atom stereocenters. The van der Waals surface area contributed by atoms with Crippen molar-refractivity contribution in [2.45, 2.75) is 54.9 Å². The molecule has 2 N–H and O–H groups in total. The van der Waals surface area contributed by atoms with E-state index in [0.29, 0.717) is 18.6 Å². The number of phenolic OH excluding ortho intramolecular Hbond substituents is 1. The number of amides is 1. The lowest BCUT2D eigenvalue weighted by atomic mass is 9.47. The van der Waals surface area contributed by atoms with Crippen LogP contribution in [0, 0.1) is 0 Å². The van der Waals surface area contributed by atoms with Gasteiger partial charge in [0, 0.05) is 30.3 Å². The molecule has 4 aliphatic rings. The van der Waals surface area contributed by atoms with Crippen LogP contribution in [0.15, 0.2) is 41.2 Å². The van der Waals surface area contributed by atoms with Crippen molar-refractivity contribution in [3.63, 3.8) is 0 Å². The van der Waals surface area contributed by atoms with E-state index in [2.05, 4.69) is 11.9 Å². The van der Waals surface area contributed by atoms with E-state index >= 15 is 0 Å². The van der Waals surface area contributed by atoms with Crippen molar-refractivity contribution >= 4 is 12.0 Å². The zero-order valence-corrected chi connectivity index (χ0v) is 18.3. The average Bonchev–Trinajstić information content (AvgIpc) is 3.41. The first-order valence-electron chi connectivity index (χ1n) is 11.3. The number of carbonyl (C=O) groups excluding carboxylic acids is 1. The van der Waals surface area contributed by atoms with E-state index in [9.17, 15) is 15.0 Å². The summed E-state index contributed by atoms with van der Waals surface area (Å²) in [5.41, 5.74) is 1.12. The Bertz CT molecular complexity index is 1110. The minimum atomic E-state index is -1.18. The van der Waals surface area contributed by atoms with Crippen LogP contribution in [-0.2, 0) is 16.6 Å². The molecular weight excluding hydrogens is 408 g/mol. The molecule has 7 nitrogen and oxygen atoms in total. The second kappa shape index (κ2) is 6.62. The van der Waals surface area contributed by atoms with Crippen molar-refractivity contribution in [1.82, 2.24) is 9.80 Å². The topological polar surface area (TPSA) is 86.4 Å². The van der Waals surface area contributed by atoms with Gasteiger partial charge in [0.05, 0.1) is 24.0 Å². The molecule has 1 aromatic heterocycles. The molecule has 1 saturated heterocycles. The highest BCUT2D eigenvalue weighted by Crippen LogP contribution is 2.65. The first-order valence-corrected chi connectivity index (χ1v) is 11.3. The number of hydrogen-bond acceptors (Lipinski definition) is 6. The van der Waals surface area contributed by atoms with Gasteiger partial charge in [0.25, 0.3) is 0 Å². The quantitative estimate of drug-likeness (QED) is 0.719. The van der Waals surface area contributed by atoms with E-state index in [0.717, 1.165) is 36.1 Å². The number of phenols is 1. The number of aliphatic hydroxyl groups is 1. The van der Waals surface area contributed by atoms with Crippen LogP contribution in [0.25, 0.3) is 6.08 Å². The minimum Gasteiger partial charge on any atom is -0.504 e. The Morgan fingerprint density at radius 1 is 1.31 bits per heavy atom. The largest absolute Gasteiger partial charge is 0.504 e. The van der Waals surface area contributed by atoms with E-state index in [1.54, 1.807) is 42.7 Å². The van der Waals surface area contributed by atoms with Gasteiger partial charge in [-0.05, 0) is 63.0 Å². The smallest absolute Gasteiger partial charge is 0.246 e. The van der Waals surface area contributed by atoms with Gasteiger partial charge in [-0.2, -0.15) is 0 Å². The van der Waals surface area contributed by atoms with Crippen LogP contribution in [0.4, 0.5) is 0 Å². The van der Waals surface area contributed by atoms with Crippen molar-refractivity contribution < 1.29 is 24.2 Å². The molecule has 168 valence electrons. The maximum atomic E-state index is 13.2. The minimum absolute atomic E-state index is 0.135. The highest BCUT2D eigenvalue weighted by atomic mass is 16.5. The normalized spacial score (nSPS) is 34.9. The van der Waals surface area contributed by atoms with Crippen molar-refractivity contribution in [3.8, 4) is 11.5 Å². The fourth-order valence-electron chi connectivity index (χ4n) is 7.05. The zero-order chi connectivity index (χ0) is 22.3. The predicted molar refractivity (Wildman–Crippen MR) is 117 cm³/mol. The van der Waals surface area contributed by atoms with E-state index < -0.39 is 11.0 Å². The van der Waals surface area contributed by atoms with Gasteiger partial charge in [-0.15, -0.1) is 0 Å². The molecule has 2 aliphatic carbocycles. The molecule has 1 amide bonds. The van der Waals surface area contributed by atoms with Crippen molar-refractivity contribution in [3.05, 3.63) is 53.5 Å². The first-order chi connectivity index (χ1) is 15.4. The Morgan fingerprint density at radius 2 is 2.16 bits per heavy atom. The summed E-state index contributed by atoms with van der Waals surface area (Å²) in [7, 11) is 3.84. The number of nitrogens with zero attached hydrogens (tertiary/aromatic N) is 2. The molecule has 6 rings (SSSR count). The van der Waals surface area contributed by atoms with Crippen LogP contribution < -0.4 is 4.74 Å². The molecule has 5 atom stereocenters. The number of likely N-dealkylation sites (N-methyl/N-ethyl adjacent to an activating group) is 2. The number of benzene rings is 1. The number of furan rings is 1. The van der Waals surface area contributed by atoms with Gasteiger partial charge in [0.2, 0.25) is 5.91 Å². The second-order valence-corrected chi connectivity index (χ2v) is 9.73. The molecule has 7 heteroatoms. The maximum absolute atomic E-state index is 13.2. The van der Waals surface area contributed by atoms with Crippen molar-refractivity contribution in [2.75, 3.05) is 20.6 Å². The van der Waals surface area contributed by atoms with Gasteiger partial charge < -0.3 is 29.2 Å². The van der Waals surface area contributed by atoms with Crippen LogP contribution in [0.3, 0.4) is 0 Å². The Labute approximate surface area is 186 Å². The lowest BCUT2D eigenvalue weighted by Crippen LogP contribution is -2.81. The van der Waals surface area contributed by atoms with E-state index in [4.69, 9.17) is 9.15 Å². The molecule has 2 aromatic rings. The summed E-state index contributed by atoms with van der Waals surface area (Å²) in [5.74, 6) is 0.515. The molecule has 2 aliphatic heterocycles. The molecule has 32 heavy (non-hydrogen) atoms. The van der Waals surface area contributed by atoms with Crippen molar-refractivity contribution in [1.29, 1.82) is 0 Å². The fourth-order valence-corrected chi connectivity index (χ4v) is 7.05. The van der Waals surface area contributed by atoms with E-state index in [-0.39, 0.29) is 29.8 Å². The molecule has 1 aromatic carbocycles. The SMILES string of the molecule is CN1CC[C@]23c4c5ccc(O)c4O[C@H]2CC[C@@H](N(C)C(=O)/C=C/c2ccoc2)[C@@]3(O)[C@H]1C5. The molecule has 2 bridgehead atoms. The number of aromatic hydroxyl groups is 1. The van der Waals surface area contributed by atoms with Crippen LogP contribution in [0.5, 0.6) is 11.5 Å². The summed E-state index contributed by atoms with van der Waals surface area (Å²) in [6.07, 6.45) is 8.98. The third-order valence-corrected chi connectivity index (χ3v) is 8.49. The molecule has 0 radical (unpaired) electrons. The van der Waals surface area contributed by atoms with Gasteiger partial charge >= 0.3 is 0 Å². The van der Waals surface area contributed by atoms with Gasteiger partial charge in [-0.25, -0.2) is 0 Å². The third kappa shape index (κ3) is 2.30. The Kier molecular flexibility index (Phi) is 4.11. The predicted octanol–water partition coefficient (Wildman–Crippen LogP) is 2.31.